The fourth-order valence-corrected chi connectivity index (χ4v) is 6.87. The number of fused-ring (bicyclic) bond motifs is 1. The highest BCUT2D eigenvalue weighted by Gasteiger charge is 2.50. The summed E-state index contributed by atoms with van der Waals surface area (Å²) in [5.74, 6) is 0.118. The number of sulfonamides is 1. The first-order valence-electron chi connectivity index (χ1n) is 14.4. The third-order valence-corrected chi connectivity index (χ3v) is 10.0. The topological polar surface area (TPSA) is 80.8 Å². The number of pyridine rings is 1. The molecule has 13 heteroatoms. The van der Waals surface area contributed by atoms with Crippen LogP contribution in [0.15, 0.2) is 72.8 Å². The molecule has 1 aromatic heterocycles. The Balaban J connectivity index is 1.62. The molecule has 1 saturated heterocycles. The van der Waals surface area contributed by atoms with Crippen molar-refractivity contribution in [2.24, 2.45) is 0 Å². The van der Waals surface area contributed by atoms with Crippen molar-refractivity contribution in [2.75, 3.05) is 39.2 Å². The summed E-state index contributed by atoms with van der Waals surface area (Å²) < 4.78 is 74.7. The number of aromatic nitrogens is 1. The molecule has 0 amide bonds. The molecule has 1 aliphatic rings. The number of rotatable bonds is 10. The lowest BCUT2D eigenvalue weighted by Crippen LogP contribution is -2.47. The molecular formula is C33H32Cl2F3N3O4S. The molecule has 1 aliphatic heterocycles. The van der Waals surface area contributed by atoms with Gasteiger partial charge in [-0.25, -0.2) is 13.4 Å². The molecule has 0 atom stereocenters. The highest BCUT2D eigenvalue weighted by Crippen LogP contribution is 2.39. The maximum atomic E-state index is 13.2. The van der Waals surface area contributed by atoms with Crippen LogP contribution in [-0.4, -0.2) is 63.2 Å². The van der Waals surface area contributed by atoms with Gasteiger partial charge < -0.3 is 14.8 Å². The highest BCUT2D eigenvalue weighted by atomic mass is 35.5. The van der Waals surface area contributed by atoms with Gasteiger partial charge in [-0.15, -0.1) is 0 Å². The molecule has 4 aromatic rings. The van der Waals surface area contributed by atoms with Crippen molar-refractivity contribution < 1.29 is 31.1 Å². The van der Waals surface area contributed by atoms with E-state index in [2.05, 4.69) is 11.4 Å². The molecule has 0 bridgehead atoms. The van der Waals surface area contributed by atoms with Crippen molar-refractivity contribution in [1.82, 2.24) is 9.29 Å². The lowest BCUT2D eigenvalue weighted by atomic mass is 9.83. The zero-order chi connectivity index (χ0) is 33.1. The van der Waals surface area contributed by atoms with Gasteiger partial charge in [-0.2, -0.15) is 17.5 Å². The standard InChI is InChI=1S/C33H32Cl2F3N3O4S/c1-44-17-3-4-23-18-24(31(21-5-9-25(34)10-6-21)22-7-11-26(35)12-8-22)19-28-29(20-30(45-2)40-32(23)28)39-27-13-15-41(16-14-27)46(42,43)33(36,37)38/h3-12,18-20,27,31H,13-17H2,1-2H3,(H,39,40). The summed E-state index contributed by atoms with van der Waals surface area (Å²) in [6.45, 7) is -0.145. The summed E-state index contributed by atoms with van der Waals surface area (Å²) in [5.41, 5.74) is -0.315. The third kappa shape index (κ3) is 7.44. The van der Waals surface area contributed by atoms with E-state index in [9.17, 15) is 21.6 Å². The maximum Gasteiger partial charge on any atom is 0.511 e. The van der Waals surface area contributed by atoms with Gasteiger partial charge in [0.1, 0.15) is 0 Å². The van der Waals surface area contributed by atoms with Crippen LogP contribution >= 0.6 is 23.2 Å². The second kappa shape index (κ2) is 14.2. The molecule has 5 rings (SSSR count). The number of alkyl halides is 3. The summed E-state index contributed by atoms with van der Waals surface area (Å²) in [6.07, 6.45) is 4.16. The van der Waals surface area contributed by atoms with Crippen LogP contribution in [0.2, 0.25) is 10.0 Å². The van der Waals surface area contributed by atoms with Crippen molar-refractivity contribution in [3.8, 4) is 5.88 Å². The minimum Gasteiger partial charge on any atom is -0.481 e. The minimum atomic E-state index is -5.39. The third-order valence-electron chi connectivity index (χ3n) is 7.90. The summed E-state index contributed by atoms with van der Waals surface area (Å²) in [5, 5.41) is 5.43. The monoisotopic (exact) mass is 693 g/mol. The van der Waals surface area contributed by atoms with Gasteiger partial charge in [0.2, 0.25) is 5.88 Å². The van der Waals surface area contributed by atoms with E-state index in [0.29, 0.717) is 38.0 Å². The molecule has 2 heterocycles. The fraction of sp³-hybridized carbons (Fsp3) is 0.303. The lowest BCUT2D eigenvalue weighted by Gasteiger charge is -2.32. The number of benzene rings is 3. The zero-order valence-electron chi connectivity index (χ0n) is 25.0. The quantitative estimate of drug-likeness (QED) is 0.169. The first-order chi connectivity index (χ1) is 21.9. The number of piperidine rings is 1. The summed E-state index contributed by atoms with van der Waals surface area (Å²) in [7, 11) is -2.28. The first-order valence-corrected chi connectivity index (χ1v) is 16.6. The Morgan fingerprint density at radius 1 is 0.957 bits per heavy atom. The van der Waals surface area contributed by atoms with E-state index in [-0.39, 0.29) is 37.9 Å². The van der Waals surface area contributed by atoms with Gasteiger partial charge in [-0.05, 0) is 65.9 Å². The molecule has 1 N–H and O–H groups in total. The Morgan fingerprint density at radius 2 is 1.54 bits per heavy atom. The maximum absolute atomic E-state index is 13.2. The molecular weight excluding hydrogens is 662 g/mol. The normalized spacial score (nSPS) is 15.2. The number of methoxy groups -OCH3 is 2. The Bertz CT molecular complexity index is 1770. The van der Waals surface area contributed by atoms with E-state index in [1.807, 2.05) is 66.7 Å². The van der Waals surface area contributed by atoms with Crippen LogP contribution in [-0.2, 0) is 14.8 Å². The van der Waals surface area contributed by atoms with Crippen molar-refractivity contribution in [3.05, 3.63) is 105 Å². The van der Waals surface area contributed by atoms with Crippen molar-refractivity contribution in [1.29, 1.82) is 0 Å². The number of ether oxygens (including phenoxy) is 2. The Morgan fingerprint density at radius 3 is 2.07 bits per heavy atom. The van der Waals surface area contributed by atoms with Gasteiger partial charge in [-0.3, -0.25) is 0 Å². The summed E-state index contributed by atoms with van der Waals surface area (Å²) in [4.78, 5) is 4.76. The Kier molecular flexibility index (Phi) is 10.5. The van der Waals surface area contributed by atoms with Crippen LogP contribution < -0.4 is 10.1 Å². The van der Waals surface area contributed by atoms with Gasteiger partial charge in [0, 0.05) is 64.9 Å². The van der Waals surface area contributed by atoms with Crippen LogP contribution in [0.5, 0.6) is 5.88 Å². The second-order valence-electron chi connectivity index (χ2n) is 10.9. The number of nitrogens with one attached hydrogen (secondary N) is 1. The predicted molar refractivity (Wildman–Crippen MR) is 176 cm³/mol. The van der Waals surface area contributed by atoms with E-state index in [4.69, 9.17) is 37.7 Å². The highest BCUT2D eigenvalue weighted by molar-refractivity contribution is 7.90. The van der Waals surface area contributed by atoms with Gasteiger partial charge in [-0.1, -0.05) is 59.6 Å². The molecule has 46 heavy (non-hydrogen) atoms. The molecule has 7 nitrogen and oxygen atoms in total. The number of anilines is 1. The van der Waals surface area contributed by atoms with Crippen molar-refractivity contribution in [2.45, 2.75) is 30.3 Å². The fourth-order valence-electron chi connectivity index (χ4n) is 5.64. The van der Waals surface area contributed by atoms with E-state index in [1.54, 1.807) is 13.2 Å². The average Bonchev–Trinajstić information content (AvgIpc) is 3.03. The average molecular weight is 695 g/mol. The number of hydrogen-bond donors (Lipinski definition) is 1. The van der Waals surface area contributed by atoms with Gasteiger partial charge in [0.15, 0.2) is 0 Å². The number of halogens is 5. The summed E-state index contributed by atoms with van der Waals surface area (Å²) >= 11 is 12.5. The van der Waals surface area contributed by atoms with Gasteiger partial charge >= 0.3 is 15.5 Å². The van der Waals surface area contributed by atoms with Crippen molar-refractivity contribution in [3.63, 3.8) is 0 Å². The van der Waals surface area contributed by atoms with Gasteiger partial charge in [0.25, 0.3) is 0 Å². The molecule has 3 aromatic carbocycles. The van der Waals surface area contributed by atoms with Crippen LogP contribution in [0.3, 0.4) is 0 Å². The van der Waals surface area contributed by atoms with Crippen LogP contribution in [0.25, 0.3) is 17.0 Å². The largest absolute Gasteiger partial charge is 0.511 e. The van der Waals surface area contributed by atoms with E-state index in [0.717, 1.165) is 27.6 Å². The lowest BCUT2D eigenvalue weighted by molar-refractivity contribution is -0.0494. The molecule has 0 radical (unpaired) electrons. The molecule has 244 valence electrons. The summed E-state index contributed by atoms with van der Waals surface area (Å²) in [6, 6.07) is 20.8. The van der Waals surface area contributed by atoms with E-state index in [1.165, 1.54) is 7.11 Å². The van der Waals surface area contributed by atoms with E-state index < -0.39 is 15.5 Å². The second-order valence-corrected chi connectivity index (χ2v) is 13.7. The molecule has 0 unspecified atom stereocenters. The van der Waals surface area contributed by atoms with E-state index >= 15 is 0 Å². The first kappa shape index (κ1) is 34.0. The van der Waals surface area contributed by atoms with Crippen LogP contribution in [0.4, 0.5) is 18.9 Å². The van der Waals surface area contributed by atoms with Crippen LogP contribution in [0.1, 0.15) is 41.0 Å². The molecule has 1 fully saturated rings. The smallest absolute Gasteiger partial charge is 0.481 e. The molecule has 0 spiro atoms. The van der Waals surface area contributed by atoms with Crippen molar-refractivity contribution >= 4 is 55.9 Å². The Hall–Kier alpha value is -3.35. The van der Waals surface area contributed by atoms with Gasteiger partial charge in [0.05, 0.1) is 19.2 Å². The number of hydrogen-bond acceptors (Lipinski definition) is 6. The SMILES string of the molecule is COCC=Cc1cc(C(c2ccc(Cl)cc2)c2ccc(Cl)cc2)cc2c(NC3CCN(S(=O)(=O)C(F)(F)F)CC3)cc(OC)nc12. The minimum absolute atomic E-state index is 0.180. The molecule has 0 saturated carbocycles. The Labute approximate surface area is 276 Å². The molecule has 0 aliphatic carbocycles. The van der Waals surface area contributed by atoms with Crippen LogP contribution in [0, 0.1) is 0 Å². The number of nitrogens with zero attached hydrogens (tertiary/aromatic N) is 2. The predicted octanol–water partition coefficient (Wildman–Crippen LogP) is 8.12. The zero-order valence-corrected chi connectivity index (χ0v) is 27.3.